The second kappa shape index (κ2) is 6.99. The van der Waals surface area contributed by atoms with Gasteiger partial charge in [-0.25, -0.2) is 0 Å². The van der Waals surface area contributed by atoms with Crippen molar-refractivity contribution in [2.75, 3.05) is 26.7 Å². The van der Waals surface area contributed by atoms with E-state index in [1.165, 1.54) is 0 Å². The Morgan fingerprint density at radius 2 is 2.30 bits per heavy atom. The molecule has 3 N–H and O–H groups in total. The molecule has 2 rings (SSSR count). The zero-order valence-electron chi connectivity index (χ0n) is 12.4. The molecular formula is C14H24N4O2. The number of morpholine rings is 1. The smallest absolute Gasteiger partial charge is 0.138 e. The van der Waals surface area contributed by atoms with E-state index in [-0.39, 0.29) is 18.2 Å². The number of nitrogens with zero attached hydrogens (tertiary/aromatic N) is 2. The van der Waals surface area contributed by atoms with E-state index < -0.39 is 0 Å². The highest BCUT2D eigenvalue weighted by atomic mass is 16.5. The van der Waals surface area contributed by atoms with E-state index in [2.05, 4.69) is 22.4 Å². The fourth-order valence-corrected chi connectivity index (χ4v) is 2.37. The Balaban J connectivity index is 2.14. The van der Waals surface area contributed by atoms with Gasteiger partial charge >= 0.3 is 0 Å². The van der Waals surface area contributed by atoms with Gasteiger partial charge in [0.1, 0.15) is 5.75 Å². The van der Waals surface area contributed by atoms with Gasteiger partial charge in [0.05, 0.1) is 31.1 Å². The zero-order valence-corrected chi connectivity index (χ0v) is 12.4. The molecule has 1 aromatic rings. The Bertz CT molecular complexity index is 427. The lowest BCUT2D eigenvalue weighted by Crippen LogP contribution is -2.48. The van der Waals surface area contributed by atoms with Crippen molar-refractivity contribution in [3.05, 3.63) is 24.0 Å². The van der Waals surface area contributed by atoms with Crippen LogP contribution in [0, 0.1) is 0 Å². The second-order valence-electron chi connectivity index (χ2n) is 5.44. The molecule has 2 unspecified atom stereocenters. The van der Waals surface area contributed by atoms with Gasteiger partial charge in [-0.05, 0) is 32.5 Å². The summed E-state index contributed by atoms with van der Waals surface area (Å²) in [5.74, 6) is 6.47. The molecule has 0 aromatic carbocycles. The molecule has 1 fully saturated rings. The van der Waals surface area contributed by atoms with Gasteiger partial charge in [-0.3, -0.25) is 16.3 Å². The lowest BCUT2D eigenvalue weighted by Gasteiger charge is -2.35. The lowest BCUT2D eigenvalue weighted by molar-refractivity contribution is -0.0393. The molecule has 1 aliphatic heterocycles. The molecule has 0 saturated carbocycles. The van der Waals surface area contributed by atoms with Crippen molar-refractivity contribution < 1.29 is 9.47 Å². The molecule has 1 saturated heterocycles. The van der Waals surface area contributed by atoms with Crippen LogP contribution in [-0.2, 0) is 4.74 Å². The summed E-state index contributed by atoms with van der Waals surface area (Å²) in [6, 6.07) is 1.87. The van der Waals surface area contributed by atoms with Gasteiger partial charge in [0.15, 0.2) is 0 Å². The molecular weight excluding hydrogens is 256 g/mol. The van der Waals surface area contributed by atoms with E-state index in [1.54, 1.807) is 12.4 Å². The first kappa shape index (κ1) is 15.2. The maximum absolute atomic E-state index is 5.82. The summed E-state index contributed by atoms with van der Waals surface area (Å²) < 4.78 is 11.5. The van der Waals surface area contributed by atoms with Gasteiger partial charge in [-0.15, -0.1) is 0 Å². The number of rotatable bonds is 5. The van der Waals surface area contributed by atoms with Crippen LogP contribution in [0.3, 0.4) is 0 Å². The predicted octanol–water partition coefficient (Wildman–Crippen LogP) is 0.704. The number of pyridine rings is 1. The van der Waals surface area contributed by atoms with Crippen LogP contribution >= 0.6 is 0 Å². The van der Waals surface area contributed by atoms with E-state index in [4.69, 9.17) is 15.3 Å². The molecule has 6 heteroatoms. The predicted molar refractivity (Wildman–Crippen MR) is 77.3 cm³/mol. The third kappa shape index (κ3) is 3.89. The second-order valence-corrected chi connectivity index (χ2v) is 5.44. The topological polar surface area (TPSA) is 72.6 Å². The van der Waals surface area contributed by atoms with Crippen LogP contribution in [0.15, 0.2) is 18.5 Å². The van der Waals surface area contributed by atoms with Crippen molar-refractivity contribution in [3.8, 4) is 5.75 Å². The molecule has 0 spiro atoms. The summed E-state index contributed by atoms with van der Waals surface area (Å²) in [6.45, 7) is 6.48. The van der Waals surface area contributed by atoms with Gasteiger partial charge in [-0.2, -0.15) is 0 Å². The molecule has 0 amide bonds. The summed E-state index contributed by atoms with van der Waals surface area (Å²) in [4.78, 5) is 6.47. The zero-order chi connectivity index (χ0) is 14.5. The fraction of sp³-hybridized carbons (Fsp3) is 0.643. The highest BCUT2D eigenvalue weighted by Gasteiger charge is 2.27. The normalized spacial score (nSPS) is 21.9. The van der Waals surface area contributed by atoms with Crippen LogP contribution in [-0.4, -0.2) is 48.8 Å². The molecule has 1 aromatic heterocycles. The Morgan fingerprint density at radius 3 is 2.95 bits per heavy atom. The quantitative estimate of drug-likeness (QED) is 0.611. The molecule has 0 bridgehead atoms. The van der Waals surface area contributed by atoms with Crippen molar-refractivity contribution in [1.82, 2.24) is 15.3 Å². The highest BCUT2D eigenvalue weighted by Crippen LogP contribution is 2.24. The van der Waals surface area contributed by atoms with E-state index in [0.29, 0.717) is 0 Å². The lowest BCUT2D eigenvalue weighted by atomic mass is 10.0. The van der Waals surface area contributed by atoms with Crippen LogP contribution in [0.2, 0.25) is 0 Å². The monoisotopic (exact) mass is 280 g/mol. The summed E-state index contributed by atoms with van der Waals surface area (Å²) in [5.41, 5.74) is 3.82. The van der Waals surface area contributed by atoms with Crippen molar-refractivity contribution in [1.29, 1.82) is 0 Å². The summed E-state index contributed by atoms with van der Waals surface area (Å²) in [6.07, 6.45) is 3.64. The largest absolute Gasteiger partial charge is 0.489 e. The van der Waals surface area contributed by atoms with Crippen molar-refractivity contribution in [2.45, 2.75) is 32.1 Å². The van der Waals surface area contributed by atoms with E-state index in [1.807, 2.05) is 19.9 Å². The van der Waals surface area contributed by atoms with Gasteiger partial charge in [-0.1, -0.05) is 0 Å². The molecule has 1 aliphatic rings. The maximum Gasteiger partial charge on any atom is 0.138 e. The third-order valence-corrected chi connectivity index (χ3v) is 3.31. The van der Waals surface area contributed by atoms with Crippen LogP contribution in [0.4, 0.5) is 0 Å². The van der Waals surface area contributed by atoms with Crippen LogP contribution < -0.4 is 16.0 Å². The van der Waals surface area contributed by atoms with Crippen molar-refractivity contribution in [2.24, 2.45) is 5.84 Å². The van der Waals surface area contributed by atoms with E-state index in [0.717, 1.165) is 31.0 Å². The van der Waals surface area contributed by atoms with Gasteiger partial charge in [0.25, 0.3) is 0 Å². The summed E-state index contributed by atoms with van der Waals surface area (Å²) >= 11 is 0. The number of hydrazine groups is 1. The third-order valence-electron chi connectivity index (χ3n) is 3.31. The fourth-order valence-electron chi connectivity index (χ4n) is 2.37. The van der Waals surface area contributed by atoms with Crippen LogP contribution in [0.25, 0.3) is 0 Å². The van der Waals surface area contributed by atoms with Crippen LogP contribution in [0.1, 0.15) is 25.5 Å². The summed E-state index contributed by atoms with van der Waals surface area (Å²) in [7, 11) is 2.08. The number of nitrogens with one attached hydrogen (secondary N) is 1. The minimum atomic E-state index is -0.0963. The number of hydrogen-bond acceptors (Lipinski definition) is 6. The number of ether oxygens (including phenoxy) is 2. The van der Waals surface area contributed by atoms with Gasteiger partial charge in [0, 0.05) is 19.3 Å². The summed E-state index contributed by atoms with van der Waals surface area (Å²) in [5, 5.41) is 0. The number of likely N-dealkylation sites (N-methyl/N-ethyl adjacent to an activating group) is 1. The van der Waals surface area contributed by atoms with Gasteiger partial charge in [0.2, 0.25) is 0 Å². The molecule has 2 atom stereocenters. The highest BCUT2D eigenvalue weighted by molar-refractivity contribution is 5.27. The maximum atomic E-state index is 5.82. The van der Waals surface area contributed by atoms with Crippen molar-refractivity contribution >= 4 is 0 Å². The first-order valence-corrected chi connectivity index (χ1v) is 6.98. The van der Waals surface area contributed by atoms with E-state index in [9.17, 15) is 0 Å². The minimum Gasteiger partial charge on any atom is -0.489 e. The number of hydrogen-bond donors (Lipinski definition) is 2. The molecule has 112 valence electrons. The van der Waals surface area contributed by atoms with Crippen molar-refractivity contribution in [3.63, 3.8) is 0 Å². The average molecular weight is 280 g/mol. The first-order valence-electron chi connectivity index (χ1n) is 6.98. The minimum absolute atomic E-state index is 0.00912. The molecule has 2 heterocycles. The molecule has 6 nitrogen and oxygen atoms in total. The molecule has 0 aliphatic carbocycles. The SMILES string of the molecule is CC(C)Oc1cncc(C(NN)C2CN(C)CCO2)c1. The Kier molecular flexibility index (Phi) is 5.31. The van der Waals surface area contributed by atoms with Gasteiger partial charge < -0.3 is 14.4 Å². The average Bonchev–Trinajstić information content (AvgIpc) is 2.39. The number of nitrogens with two attached hydrogens (primary N) is 1. The first-order chi connectivity index (χ1) is 9.60. The van der Waals surface area contributed by atoms with Crippen LogP contribution in [0.5, 0.6) is 5.75 Å². The Morgan fingerprint density at radius 1 is 1.50 bits per heavy atom. The Hall–Kier alpha value is -1.21. The van der Waals surface area contributed by atoms with E-state index >= 15 is 0 Å². The standard InChI is InChI=1S/C14H24N4O2/c1-10(2)20-12-6-11(7-16-8-12)14(17-15)13-9-18(3)4-5-19-13/h6-8,10,13-14,17H,4-5,9,15H2,1-3H3. The molecule has 0 radical (unpaired) electrons. The molecule has 20 heavy (non-hydrogen) atoms. The Labute approximate surface area is 120 Å². The number of aromatic nitrogens is 1.